The standard InChI is InChI=1S/C18H21NO3S2/c1-5-8-13-9-12(10-14(21-6-2)16(13)22-7-3)11-15-17(20)19(4)18(23)24-15/h5,9-11H,1,6-8H2,2-4H3/b15-11-. The van der Waals surface area contributed by atoms with Gasteiger partial charge in [-0.25, -0.2) is 0 Å². The van der Waals surface area contributed by atoms with Gasteiger partial charge in [0, 0.05) is 12.6 Å². The van der Waals surface area contributed by atoms with E-state index in [9.17, 15) is 4.79 Å². The molecule has 0 radical (unpaired) electrons. The molecule has 4 nitrogen and oxygen atoms in total. The molecule has 0 N–H and O–H groups in total. The number of hydrogen-bond donors (Lipinski definition) is 0. The van der Waals surface area contributed by atoms with E-state index >= 15 is 0 Å². The molecule has 0 unspecified atom stereocenters. The first-order chi connectivity index (χ1) is 11.5. The lowest BCUT2D eigenvalue weighted by atomic mass is 10.0. The van der Waals surface area contributed by atoms with E-state index in [-0.39, 0.29) is 5.91 Å². The maximum atomic E-state index is 12.2. The molecule has 1 fully saturated rings. The zero-order valence-corrected chi connectivity index (χ0v) is 15.8. The summed E-state index contributed by atoms with van der Waals surface area (Å²) in [6.07, 6.45) is 4.32. The second-order valence-electron chi connectivity index (χ2n) is 5.11. The Morgan fingerprint density at radius 3 is 2.54 bits per heavy atom. The maximum Gasteiger partial charge on any atom is 0.265 e. The fourth-order valence-corrected chi connectivity index (χ4v) is 3.52. The molecule has 1 aromatic carbocycles. The minimum atomic E-state index is -0.0814. The number of rotatable bonds is 7. The quantitative estimate of drug-likeness (QED) is 0.415. The molecule has 1 aliphatic rings. The smallest absolute Gasteiger partial charge is 0.265 e. The van der Waals surface area contributed by atoms with Crippen molar-refractivity contribution in [2.45, 2.75) is 20.3 Å². The van der Waals surface area contributed by atoms with Gasteiger partial charge in [-0.3, -0.25) is 9.69 Å². The number of allylic oxidation sites excluding steroid dienone is 1. The Kier molecular flexibility index (Phi) is 6.45. The molecule has 2 rings (SSSR count). The predicted octanol–water partition coefficient (Wildman–Crippen LogP) is 4.04. The molecule has 0 aliphatic carbocycles. The van der Waals surface area contributed by atoms with Crippen LogP contribution in [-0.2, 0) is 11.2 Å². The third-order valence-corrected chi connectivity index (χ3v) is 4.88. The summed E-state index contributed by atoms with van der Waals surface area (Å²) in [7, 11) is 1.69. The fraction of sp³-hybridized carbons (Fsp3) is 0.333. The first-order valence-electron chi connectivity index (χ1n) is 7.76. The molecule has 1 amide bonds. The SMILES string of the molecule is C=CCc1cc(/C=C2\SC(=S)N(C)C2=O)cc(OCC)c1OCC. The highest BCUT2D eigenvalue weighted by Crippen LogP contribution is 2.37. The van der Waals surface area contributed by atoms with Crippen LogP contribution in [0.5, 0.6) is 11.5 Å². The van der Waals surface area contributed by atoms with Crippen molar-refractivity contribution < 1.29 is 14.3 Å². The number of benzene rings is 1. The van der Waals surface area contributed by atoms with Crippen LogP contribution in [0, 0.1) is 0 Å². The average molecular weight is 364 g/mol. The van der Waals surface area contributed by atoms with Crippen molar-refractivity contribution in [3.8, 4) is 11.5 Å². The molecule has 1 aromatic rings. The summed E-state index contributed by atoms with van der Waals surface area (Å²) < 4.78 is 12.1. The monoisotopic (exact) mass is 363 g/mol. The maximum absolute atomic E-state index is 12.2. The van der Waals surface area contributed by atoms with Crippen LogP contribution >= 0.6 is 24.0 Å². The molecule has 6 heteroatoms. The Bertz CT molecular complexity index is 698. The Hall–Kier alpha value is -1.79. The largest absolute Gasteiger partial charge is 0.490 e. The highest BCUT2D eigenvalue weighted by atomic mass is 32.2. The number of amides is 1. The number of thioether (sulfide) groups is 1. The van der Waals surface area contributed by atoms with Crippen LogP contribution in [0.15, 0.2) is 29.7 Å². The lowest BCUT2D eigenvalue weighted by Crippen LogP contribution is -2.22. The molecule has 1 aliphatic heterocycles. The molecule has 0 saturated carbocycles. The third kappa shape index (κ3) is 3.99. The van der Waals surface area contributed by atoms with Crippen molar-refractivity contribution in [2.24, 2.45) is 0 Å². The number of hydrogen-bond acceptors (Lipinski definition) is 5. The van der Waals surface area contributed by atoms with Gasteiger partial charge in [0.1, 0.15) is 4.32 Å². The summed E-state index contributed by atoms with van der Waals surface area (Å²) in [4.78, 5) is 14.3. The van der Waals surface area contributed by atoms with E-state index in [2.05, 4.69) is 6.58 Å². The van der Waals surface area contributed by atoms with E-state index in [0.717, 1.165) is 16.9 Å². The minimum Gasteiger partial charge on any atom is -0.490 e. The molecule has 0 spiro atoms. The second kappa shape index (κ2) is 8.35. The van der Waals surface area contributed by atoms with Gasteiger partial charge >= 0.3 is 0 Å². The van der Waals surface area contributed by atoms with Gasteiger partial charge in [-0.05, 0) is 44.0 Å². The average Bonchev–Trinajstić information content (AvgIpc) is 2.78. The number of thiocarbonyl (C=S) groups is 1. The number of likely N-dealkylation sites (N-methyl/N-ethyl adjacent to an activating group) is 1. The van der Waals surface area contributed by atoms with Crippen molar-refractivity contribution in [1.29, 1.82) is 0 Å². The molecule has 1 heterocycles. The van der Waals surface area contributed by atoms with Gasteiger partial charge in [0.05, 0.1) is 18.1 Å². The van der Waals surface area contributed by atoms with E-state index in [1.165, 1.54) is 16.7 Å². The van der Waals surface area contributed by atoms with Gasteiger partial charge in [-0.15, -0.1) is 6.58 Å². The number of carbonyl (C=O) groups excluding carboxylic acids is 1. The highest BCUT2D eigenvalue weighted by Gasteiger charge is 2.28. The highest BCUT2D eigenvalue weighted by molar-refractivity contribution is 8.26. The Morgan fingerprint density at radius 1 is 1.29 bits per heavy atom. The van der Waals surface area contributed by atoms with Crippen LogP contribution in [0.25, 0.3) is 6.08 Å². The lowest BCUT2D eigenvalue weighted by Gasteiger charge is -2.16. The summed E-state index contributed by atoms with van der Waals surface area (Å²) in [6.45, 7) is 8.76. The van der Waals surface area contributed by atoms with Gasteiger partial charge < -0.3 is 9.47 Å². The first-order valence-corrected chi connectivity index (χ1v) is 8.99. The summed E-state index contributed by atoms with van der Waals surface area (Å²) in [5.41, 5.74) is 1.86. The molecular formula is C18H21NO3S2. The third-order valence-electron chi connectivity index (χ3n) is 3.39. The van der Waals surface area contributed by atoms with E-state index in [0.29, 0.717) is 34.6 Å². The molecule has 0 bridgehead atoms. The van der Waals surface area contributed by atoms with E-state index < -0.39 is 0 Å². The van der Waals surface area contributed by atoms with Crippen LogP contribution in [0.4, 0.5) is 0 Å². The minimum absolute atomic E-state index is 0.0814. The number of nitrogens with zero attached hydrogens (tertiary/aromatic N) is 1. The van der Waals surface area contributed by atoms with Crippen molar-refractivity contribution in [3.05, 3.63) is 40.8 Å². The van der Waals surface area contributed by atoms with Crippen LogP contribution in [0.3, 0.4) is 0 Å². The number of carbonyl (C=O) groups is 1. The molecule has 128 valence electrons. The van der Waals surface area contributed by atoms with Crippen molar-refractivity contribution >= 4 is 40.3 Å². The molecule has 1 saturated heterocycles. The molecule has 0 aromatic heterocycles. The first kappa shape index (κ1) is 18.5. The van der Waals surface area contributed by atoms with Gasteiger partial charge in [0.2, 0.25) is 0 Å². The van der Waals surface area contributed by atoms with Gasteiger partial charge in [-0.2, -0.15) is 0 Å². The van der Waals surface area contributed by atoms with Crippen molar-refractivity contribution in [3.63, 3.8) is 0 Å². The van der Waals surface area contributed by atoms with E-state index in [1.54, 1.807) is 7.05 Å². The Labute approximate surface area is 152 Å². The van der Waals surface area contributed by atoms with Crippen LogP contribution in [-0.4, -0.2) is 35.4 Å². The zero-order chi connectivity index (χ0) is 17.7. The predicted molar refractivity (Wildman–Crippen MR) is 104 cm³/mol. The topological polar surface area (TPSA) is 38.8 Å². The Morgan fingerprint density at radius 2 is 2.00 bits per heavy atom. The fourth-order valence-electron chi connectivity index (χ4n) is 2.34. The second-order valence-corrected chi connectivity index (χ2v) is 6.78. The van der Waals surface area contributed by atoms with Gasteiger partial charge in [0.15, 0.2) is 11.5 Å². The van der Waals surface area contributed by atoms with Crippen molar-refractivity contribution in [1.82, 2.24) is 4.90 Å². The molecule has 24 heavy (non-hydrogen) atoms. The van der Waals surface area contributed by atoms with Gasteiger partial charge in [-0.1, -0.05) is 30.1 Å². The Balaban J connectivity index is 2.49. The van der Waals surface area contributed by atoms with Crippen LogP contribution in [0.1, 0.15) is 25.0 Å². The normalized spacial score (nSPS) is 16.0. The summed E-state index contributed by atoms with van der Waals surface area (Å²) in [6, 6.07) is 3.89. The van der Waals surface area contributed by atoms with Crippen molar-refractivity contribution in [2.75, 3.05) is 20.3 Å². The lowest BCUT2D eigenvalue weighted by molar-refractivity contribution is -0.121. The summed E-state index contributed by atoms with van der Waals surface area (Å²) in [5, 5.41) is 0. The molecule has 0 atom stereocenters. The van der Waals surface area contributed by atoms with Crippen LogP contribution < -0.4 is 9.47 Å². The van der Waals surface area contributed by atoms with E-state index in [1.807, 2.05) is 38.1 Å². The van der Waals surface area contributed by atoms with E-state index in [4.69, 9.17) is 21.7 Å². The van der Waals surface area contributed by atoms with Gasteiger partial charge in [0.25, 0.3) is 5.91 Å². The summed E-state index contributed by atoms with van der Waals surface area (Å²) in [5.74, 6) is 1.33. The summed E-state index contributed by atoms with van der Waals surface area (Å²) >= 11 is 6.48. The van der Waals surface area contributed by atoms with Crippen LogP contribution in [0.2, 0.25) is 0 Å². The molecular weight excluding hydrogens is 342 g/mol. The number of ether oxygens (including phenoxy) is 2. The zero-order valence-electron chi connectivity index (χ0n) is 14.1.